The molecule has 1 aliphatic carbocycles. The van der Waals surface area contributed by atoms with Crippen LogP contribution >= 0.6 is 0 Å². The molecule has 0 saturated heterocycles. The van der Waals surface area contributed by atoms with Gasteiger partial charge in [-0.1, -0.05) is 37.6 Å². The van der Waals surface area contributed by atoms with Gasteiger partial charge in [0.05, 0.1) is 0 Å². The van der Waals surface area contributed by atoms with Gasteiger partial charge in [0.2, 0.25) is 0 Å². The number of hydrogen-bond acceptors (Lipinski definition) is 2. The van der Waals surface area contributed by atoms with Gasteiger partial charge in [0.25, 0.3) is 0 Å². The maximum Gasteiger partial charge on any atom is 0.0363 e. The quantitative estimate of drug-likeness (QED) is 0.899. The number of benzene rings is 1. The highest BCUT2D eigenvalue weighted by Gasteiger charge is 2.29. The Balaban J connectivity index is 1.74. The highest BCUT2D eigenvalue weighted by Crippen LogP contribution is 2.35. The monoisotopic (exact) mass is 286 g/mol. The maximum absolute atomic E-state index is 3.58. The summed E-state index contributed by atoms with van der Waals surface area (Å²) in [6.07, 6.45) is 8.24. The van der Waals surface area contributed by atoms with E-state index >= 15 is 0 Å². The van der Waals surface area contributed by atoms with Crippen LogP contribution in [0.4, 0.5) is 0 Å². The predicted octanol–water partition coefficient (Wildman–Crippen LogP) is 4.12. The minimum absolute atomic E-state index is 0.597. The van der Waals surface area contributed by atoms with Gasteiger partial charge in [0, 0.05) is 18.6 Å². The van der Waals surface area contributed by atoms with Gasteiger partial charge in [-0.25, -0.2) is 0 Å². The van der Waals surface area contributed by atoms with Crippen LogP contribution < -0.4 is 5.32 Å². The first-order valence-corrected chi connectivity index (χ1v) is 8.80. The Morgan fingerprint density at radius 2 is 1.86 bits per heavy atom. The summed E-state index contributed by atoms with van der Waals surface area (Å²) in [5.41, 5.74) is 3.05. The molecule has 0 aromatic heterocycles. The van der Waals surface area contributed by atoms with Crippen LogP contribution in [-0.4, -0.2) is 24.5 Å². The Hall–Kier alpha value is -0.860. The largest absolute Gasteiger partial charge is 0.313 e. The van der Waals surface area contributed by atoms with Gasteiger partial charge in [-0.2, -0.15) is 0 Å². The predicted molar refractivity (Wildman–Crippen MR) is 89.3 cm³/mol. The zero-order valence-corrected chi connectivity index (χ0v) is 13.6. The Morgan fingerprint density at radius 3 is 2.62 bits per heavy atom. The van der Waals surface area contributed by atoms with E-state index in [0.29, 0.717) is 6.04 Å². The summed E-state index contributed by atoms with van der Waals surface area (Å²) < 4.78 is 0. The fourth-order valence-corrected chi connectivity index (χ4v) is 4.28. The Morgan fingerprint density at radius 1 is 1.10 bits per heavy atom. The molecule has 1 atom stereocenters. The summed E-state index contributed by atoms with van der Waals surface area (Å²) in [5.74, 6) is 0.984. The molecular formula is C19H30N2. The van der Waals surface area contributed by atoms with Crippen LogP contribution in [0.5, 0.6) is 0 Å². The van der Waals surface area contributed by atoms with Crippen LogP contribution in [0.3, 0.4) is 0 Å². The molecule has 1 N–H and O–H groups in total. The Labute approximate surface area is 129 Å². The second kappa shape index (κ2) is 6.93. The lowest BCUT2D eigenvalue weighted by atomic mass is 9.83. The third-order valence-electron chi connectivity index (χ3n) is 5.79. The third-order valence-corrected chi connectivity index (χ3v) is 5.79. The molecule has 3 rings (SSSR count). The number of hydrogen-bond donors (Lipinski definition) is 1. The molecule has 21 heavy (non-hydrogen) atoms. The van der Waals surface area contributed by atoms with Crippen LogP contribution in [0.2, 0.25) is 0 Å². The van der Waals surface area contributed by atoms with Crippen molar-refractivity contribution in [1.29, 1.82) is 0 Å². The Kier molecular flexibility index (Phi) is 4.97. The third kappa shape index (κ3) is 3.32. The lowest BCUT2D eigenvalue weighted by Gasteiger charge is -2.39. The van der Waals surface area contributed by atoms with E-state index in [1.165, 1.54) is 44.1 Å². The van der Waals surface area contributed by atoms with Crippen molar-refractivity contribution in [2.75, 3.05) is 13.6 Å². The number of fused-ring (bicyclic) bond motifs is 1. The SMILES string of the molecule is CCC1CCC(N(C)C2CCNCc3ccccc32)CC1. The van der Waals surface area contributed by atoms with Crippen LogP contribution in [-0.2, 0) is 6.54 Å². The molecule has 1 aromatic rings. The lowest BCUT2D eigenvalue weighted by Crippen LogP contribution is -2.38. The van der Waals surface area contributed by atoms with Crippen LogP contribution in [0, 0.1) is 5.92 Å². The molecule has 0 spiro atoms. The summed E-state index contributed by atoms with van der Waals surface area (Å²) in [6, 6.07) is 10.4. The van der Waals surface area contributed by atoms with Crippen LogP contribution in [0.15, 0.2) is 24.3 Å². The Bertz CT molecular complexity index is 449. The molecule has 116 valence electrons. The average molecular weight is 286 g/mol. The van der Waals surface area contributed by atoms with Crippen molar-refractivity contribution in [3.05, 3.63) is 35.4 Å². The van der Waals surface area contributed by atoms with Crippen molar-refractivity contribution in [2.45, 2.75) is 64.1 Å². The van der Waals surface area contributed by atoms with Gasteiger partial charge in [0.1, 0.15) is 0 Å². The summed E-state index contributed by atoms with van der Waals surface area (Å²) in [4.78, 5) is 2.69. The van der Waals surface area contributed by atoms with Crippen molar-refractivity contribution in [2.24, 2.45) is 5.92 Å². The van der Waals surface area contributed by atoms with Crippen molar-refractivity contribution < 1.29 is 0 Å². The van der Waals surface area contributed by atoms with Gasteiger partial charge in [-0.05, 0) is 62.7 Å². The molecule has 1 aliphatic heterocycles. The van der Waals surface area contributed by atoms with E-state index in [-0.39, 0.29) is 0 Å². The second-order valence-electron chi connectivity index (χ2n) is 6.93. The fourth-order valence-electron chi connectivity index (χ4n) is 4.28. The van der Waals surface area contributed by atoms with E-state index in [1.54, 1.807) is 5.56 Å². The summed E-state index contributed by atoms with van der Waals surface area (Å²) in [5, 5.41) is 3.58. The van der Waals surface area contributed by atoms with E-state index in [9.17, 15) is 0 Å². The smallest absolute Gasteiger partial charge is 0.0363 e. The van der Waals surface area contributed by atoms with Gasteiger partial charge < -0.3 is 5.32 Å². The van der Waals surface area contributed by atoms with E-state index in [1.807, 2.05) is 0 Å². The van der Waals surface area contributed by atoms with Gasteiger partial charge in [-0.15, -0.1) is 0 Å². The van der Waals surface area contributed by atoms with Crippen molar-refractivity contribution in [3.63, 3.8) is 0 Å². The molecule has 2 heteroatoms. The number of nitrogens with zero attached hydrogens (tertiary/aromatic N) is 1. The van der Waals surface area contributed by atoms with E-state index in [2.05, 4.69) is 48.5 Å². The first-order valence-electron chi connectivity index (χ1n) is 8.80. The van der Waals surface area contributed by atoms with Gasteiger partial charge in [0.15, 0.2) is 0 Å². The maximum atomic E-state index is 3.58. The lowest BCUT2D eigenvalue weighted by molar-refractivity contribution is 0.115. The molecule has 0 amide bonds. The fraction of sp³-hybridized carbons (Fsp3) is 0.684. The topological polar surface area (TPSA) is 15.3 Å². The van der Waals surface area contributed by atoms with Crippen LogP contribution in [0.1, 0.15) is 62.6 Å². The molecule has 1 aromatic carbocycles. The minimum Gasteiger partial charge on any atom is -0.313 e. The molecule has 2 aliphatic rings. The second-order valence-corrected chi connectivity index (χ2v) is 6.93. The molecule has 1 heterocycles. The number of rotatable bonds is 3. The first kappa shape index (κ1) is 15.1. The van der Waals surface area contributed by atoms with Gasteiger partial charge >= 0.3 is 0 Å². The van der Waals surface area contributed by atoms with E-state index in [0.717, 1.165) is 25.0 Å². The molecule has 1 unspecified atom stereocenters. The van der Waals surface area contributed by atoms with Crippen molar-refractivity contribution in [3.8, 4) is 0 Å². The summed E-state index contributed by atoms with van der Waals surface area (Å²) >= 11 is 0. The van der Waals surface area contributed by atoms with Crippen LogP contribution in [0.25, 0.3) is 0 Å². The van der Waals surface area contributed by atoms with Gasteiger partial charge in [-0.3, -0.25) is 4.90 Å². The zero-order chi connectivity index (χ0) is 14.7. The normalized spacial score (nSPS) is 30.0. The molecule has 0 radical (unpaired) electrons. The molecular weight excluding hydrogens is 256 g/mol. The van der Waals surface area contributed by atoms with E-state index < -0.39 is 0 Å². The van der Waals surface area contributed by atoms with E-state index in [4.69, 9.17) is 0 Å². The number of nitrogens with one attached hydrogen (secondary N) is 1. The molecule has 1 fully saturated rings. The summed E-state index contributed by atoms with van der Waals surface area (Å²) in [7, 11) is 2.36. The standard InChI is InChI=1S/C19H30N2/c1-3-15-8-10-17(11-9-15)21(2)19-12-13-20-14-16-6-4-5-7-18(16)19/h4-7,15,17,19-20H,3,8-14H2,1-2H3. The molecule has 1 saturated carbocycles. The highest BCUT2D eigenvalue weighted by atomic mass is 15.2. The summed E-state index contributed by atoms with van der Waals surface area (Å²) in [6.45, 7) is 4.51. The van der Waals surface area contributed by atoms with Crippen molar-refractivity contribution >= 4 is 0 Å². The highest BCUT2D eigenvalue weighted by molar-refractivity contribution is 5.31. The molecule has 2 nitrogen and oxygen atoms in total. The molecule has 0 bridgehead atoms. The van der Waals surface area contributed by atoms with Crippen molar-refractivity contribution in [1.82, 2.24) is 10.2 Å². The first-order chi connectivity index (χ1) is 10.3. The minimum atomic E-state index is 0.597. The zero-order valence-electron chi connectivity index (χ0n) is 13.6. The average Bonchev–Trinajstić information content (AvgIpc) is 2.77.